The number of nitrogens with zero attached hydrogens (tertiary/aromatic N) is 1. The molecule has 2 atom stereocenters. The van der Waals surface area contributed by atoms with Crippen LogP contribution in [0, 0.1) is 0 Å². The molecule has 0 spiro atoms. The highest BCUT2D eigenvalue weighted by atomic mass is 32.2. The van der Waals surface area contributed by atoms with Crippen molar-refractivity contribution in [1.29, 1.82) is 0 Å². The fourth-order valence-corrected chi connectivity index (χ4v) is 2.47. The van der Waals surface area contributed by atoms with E-state index in [1.54, 1.807) is 18.7 Å². The lowest BCUT2D eigenvalue weighted by molar-refractivity contribution is -0.125. The van der Waals surface area contributed by atoms with E-state index in [4.69, 9.17) is 11.5 Å². The number of carbonyl (C=O) groups is 1. The summed E-state index contributed by atoms with van der Waals surface area (Å²) in [5.74, 6) is 1.74. The Balaban J connectivity index is 2.48. The van der Waals surface area contributed by atoms with Crippen LogP contribution in [0.2, 0.25) is 0 Å². The number of rotatable bonds is 3. The molecule has 0 aliphatic carbocycles. The first-order valence-electron chi connectivity index (χ1n) is 4.98. The third-order valence-electron chi connectivity index (χ3n) is 2.70. The summed E-state index contributed by atoms with van der Waals surface area (Å²) in [6.07, 6.45) is 0. The number of likely N-dealkylation sites (N-methyl/N-ethyl adjacent to an activating group) is 1. The van der Waals surface area contributed by atoms with Gasteiger partial charge in [-0.2, -0.15) is 0 Å². The van der Waals surface area contributed by atoms with E-state index in [-0.39, 0.29) is 18.0 Å². The molecule has 0 saturated carbocycles. The smallest absolute Gasteiger partial charge is 0.238 e. The van der Waals surface area contributed by atoms with Gasteiger partial charge in [0.2, 0.25) is 5.91 Å². The lowest BCUT2D eigenvalue weighted by atomic mass is 10.1. The Kier molecular flexibility index (Phi) is 3.99. The van der Waals surface area contributed by atoms with E-state index < -0.39 is 5.66 Å². The van der Waals surface area contributed by atoms with Crippen LogP contribution >= 0.6 is 11.8 Å². The van der Waals surface area contributed by atoms with Gasteiger partial charge in [0.25, 0.3) is 0 Å². The van der Waals surface area contributed by atoms with Crippen molar-refractivity contribution in [1.82, 2.24) is 10.2 Å². The van der Waals surface area contributed by atoms with Gasteiger partial charge in [0.15, 0.2) is 0 Å². The number of hydrogen-bond donors (Lipinski definition) is 3. The molecular formula is C9H20N4OS. The highest BCUT2D eigenvalue weighted by Crippen LogP contribution is 2.18. The summed E-state index contributed by atoms with van der Waals surface area (Å²) in [6, 6.07) is -0.288. The van der Waals surface area contributed by atoms with E-state index in [9.17, 15) is 4.79 Å². The molecule has 1 heterocycles. The van der Waals surface area contributed by atoms with E-state index in [0.717, 1.165) is 11.6 Å². The molecule has 1 saturated heterocycles. The van der Waals surface area contributed by atoms with Crippen LogP contribution in [-0.2, 0) is 4.79 Å². The minimum atomic E-state index is -0.875. The van der Waals surface area contributed by atoms with Crippen molar-refractivity contribution in [2.75, 3.05) is 18.7 Å². The minimum absolute atomic E-state index is 0.0112. The van der Waals surface area contributed by atoms with E-state index >= 15 is 0 Å². The number of carbonyl (C=O) groups excluding carboxylic acids is 1. The Morgan fingerprint density at radius 2 is 2.27 bits per heavy atom. The maximum Gasteiger partial charge on any atom is 0.238 e. The maximum absolute atomic E-state index is 11.8. The van der Waals surface area contributed by atoms with Crippen molar-refractivity contribution >= 4 is 17.7 Å². The van der Waals surface area contributed by atoms with Gasteiger partial charge in [0.1, 0.15) is 0 Å². The first kappa shape index (κ1) is 12.8. The van der Waals surface area contributed by atoms with E-state index in [1.807, 2.05) is 18.9 Å². The third-order valence-corrected chi connectivity index (χ3v) is 3.84. The fraction of sp³-hybridized carbons (Fsp3) is 0.889. The molecule has 1 unspecified atom stereocenters. The Morgan fingerprint density at radius 1 is 1.67 bits per heavy atom. The van der Waals surface area contributed by atoms with Crippen LogP contribution in [0.5, 0.6) is 0 Å². The highest BCUT2D eigenvalue weighted by molar-refractivity contribution is 7.99. The standard InChI is InChI=1S/C9H20N4OS/c1-6(9(2,10)11)12-8(14)7-4-15-5-13(7)3/h6-7H,4-5,10-11H2,1-3H3,(H,12,14)/t6-,7?/m0/s1. The van der Waals surface area contributed by atoms with Gasteiger partial charge in [0.05, 0.1) is 17.7 Å². The molecule has 6 heteroatoms. The molecule has 0 bridgehead atoms. The van der Waals surface area contributed by atoms with Gasteiger partial charge in [-0.05, 0) is 20.9 Å². The number of hydrogen-bond acceptors (Lipinski definition) is 5. The van der Waals surface area contributed by atoms with Crippen LogP contribution in [0.3, 0.4) is 0 Å². The normalized spacial score (nSPS) is 25.3. The first-order chi connectivity index (χ1) is 6.82. The summed E-state index contributed by atoms with van der Waals surface area (Å²) >= 11 is 1.76. The Bertz CT molecular complexity index is 241. The molecule has 1 aliphatic rings. The molecule has 1 aliphatic heterocycles. The SMILES string of the molecule is C[C@H](NC(=O)C1CSCN1C)C(C)(N)N. The minimum Gasteiger partial charge on any atom is -0.349 e. The van der Waals surface area contributed by atoms with Crippen molar-refractivity contribution in [3.05, 3.63) is 0 Å². The molecular weight excluding hydrogens is 212 g/mol. The van der Waals surface area contributed by atoms with Crippen LogP contribution in [0.4, 0.5) is 0 Å². The zero-order chi connectivity index (χ0) is 11.6. The van der Waals surface area contributed by atoms with Gasteiger partial charge in [0, 0.05) is 11.6 Å². The van der Waals surface area contributed by atoms with Gasteiger partial charge in [-0.15, -0.1) is 11.8 Å². The summed E-state index contributed by atoms with van der Waals surface area (Å²) in [4.78, 5) is 13.9. The highest BCUT2D eigenvalue weighted by Gasteiger charge is 2.31. The van der Waals surface area contributed by atoms with Crippen molar-refractivity contribution in [2.24, 2.45) is 11.5 Å². The van der Waals surface area contributed by atoms with E-state index in [2.05, 4.69) is 5.32 Å². The molecule has 5 nitrogen and oxygen atoms in total. The number of nitrogens with one attached hydrogen (secondary N) is 1. The monoisotopic (exact) mass is 232 g/mol. The number of thioether (sulfide) groups is 1. The maximum atomic E-state index is 11.8. The predicted octanol–water partition coefficient (Wildman–Crippen LogP) is -0.871. The summed E-state index contributed by atoms with van der Waals surface area (Å²) in [5.41, 5.74) is 10.5. The van der Waals surface area contributed by atoms with Crippen LogP contribution in [-0.4, -0.2) is 47.2 Å². The van der Waals surface area contributed by atoms with E-state index in [0.29, 0.717) is 0 Å². The second-order valence-electron chi connectivity index (χ2n) is 4.37. The fourth-order valence-electron chi connectivity index (χ4n) is 1.27. The third kappa shape index (κ3) is 3.34. The topological polar surface area (TPSA) is 84.4 Å². The second kappa shape index (κ2) is 4.69. The molecule has 0 aromatic rings. The van der Waals surface area contributed by atoms with Gasteiger partial charge < -0.3 is 16.8 Å². The average Bonchev–Trinajstić information content (AvgIpc) is 2.49. The lowest BCUT2D eigenvalue weighted by Crippen LogP contribution is -2.62. The number of amides is 1. The van der Waals surface area contributed by atoms with Crippen LogP contribution in [0.15, 0.2) is 0 Å². The van der Waals surface area contributed by atoms with E-state index in [1.165, 1.54) is 0 Å². The van der Waals surface area contributed by atoms with Crippen molar-refractivity contribution in [3.63, 3.8) is 0 Å². The van der Waals surface area contributed by atoms with Gasteiger partial charge >= 0.3 is 0 Å². The van der Waals surface area contributed by atoms with Crippen LogP contribution in [0.25, 0.3) is 0 Å². The molecule has 5 N–H and O–H groups in total. The summed E-state index contributed by atoms with van der Waals surface area (Å²) in [7, 11) is 1.94. The Labute approximate surface area is 94.9 Å². The molecule has 88 valence electrons. The molecule has 0 aromatic heterocycles. The van der Waals surface area contributed by atoms with Crippen LogP contribution < -0.4 is 16.8 Å². The summed E-state index contributed by atoms with van der Waals surface area (Å²) in [6.45, 7) is 3.52. The second-order valence-corrected chi connectivity index (χ2v) is 5.37. The van der Waals surface area contributed by atoms with Gasteiger partial charge in [-0.1, -0.05) is 0 Å². The first-order valence-corrected chi connectivity index (χ1v) is 6.14. The quantitative estimate of drug-likeness (QED) is 0.551. The Hall–Kier alpha value is -0.300. The largest absolute Gasteiger partial charge is 0.349 e. The number of nitrogens with two attached hydrogens (primary N) is 2. The molecule has 1 amide bonds. The summed E-state index contributed by atoms with van der Waals surface area (Å²) < 4.78 is 0. The molecule has 0 aromatic carbocycles. The zero-order valence-electron chi connectivity index (χ0n) is 9.49. The van der Waals surface area contributed by atoms with Crippen LogP contribution in [0.1, 0.15) is 13.8 Å². The molecule has 1 rings (SSSR count). The molecule has 0 radical (unpaired) electrons. The molecule has 15 heavy (non-hydrogen) atoms. The van der Waals surface area contributed by atoms with Gasteiger partial charge in [-0.25, -0.2) is 0 Å². The molecule has 1 fully saturated rings. The van der Waals surface area contributed by atoms with Crippen molar-refractivity contribution in [2.45, 2.75) is 31.6 Å². The van der Waals surface area contributed by atoms with Gasteiger partial charge in [-0.3, -0.25) is 9.69 Å². The zero-order valence-corrected chi connectivity index (χ0v) is 10.3. The van der Waals surface area contributed by atoms with Crippen molar-refractivity contribution in [3.8, 4) is 0 Å². The van der Waals surface area contributed by atoms with Crippen molar-refractivity contribution < 1.29 is 4.79 Å². The average molecular weight is 232 g/mol. The lowest BCUT2D eigenvalue weighted by Gasteiger charge is -2.29. The predicted molar refractivity (Wildman–Crippen MR) is 63.3 cm³/mol. The summed E-state index contributed by atoms with van der Waals surface area (Å²) in [5, 5.41) is 2.85. The Morgan fingerprint density at radius 3 is 2.67 bits per heavy atom.